The highest BCUT2D eigenvalue weighted by Gasteiger charge is 2.37. The quantitative estimate of drug-likeness (QED) is 0.578. The van der Waals surface area contributed by atoms with Gasteiger partial charge in [-0.15, -0.1) is 0 Å². The maximum absolute atomic E-state index is 13.2. The average molecular weight is 457 g/mol. The number of hydrogen-bond acceptors (Lipinski definition) is 5. The Labute approximate surface area is 198 Å². The summed E-state index contributed by atoms with van der Waals surface area (Å²) in [4.78, 5) is 28.5. The van der Waals surface area contributed by atoms with Crippen LogP contribution in [0.4, 0.5) is 5.69 Å². The van der Waals surface area contributed by atoms with E-state index in [1.54, 1.807) is 0 Å². The number of morpholine rings is 1. The third-order valence-electron chi connectivity index (χ3n) is 7.17. The Hall–Kier alpha value is -3.42. The number of para-hydroxylation sites is 2. The molecule has 0 aliphatic carbocycles. The summed E-state index contributed by atoms with van der Waals surface area (Å²) >= 11 is 0. The van der Waals surface area contributed by atoms with E-state index in [9.17, 15) is 9.59 Å². The zero-order valence-corrected chi connectivity index (χ0v) is 19.0. The zero-order chi connectivity index (χ0) is 23.1. The third-order valence-corrected chi connectivity index (χ3v) is 7.17. The standard InChI is InChI=1S/C27H28N4O3/c32-26-24(25(27(33)29-26)28-19-6-2-1-3-7-19)23-20-8-4-5-9-21(20)31-11-10-18(16-22(23)31)17-30-12-14-34-15-13-30/h1-9,18H,10-17H2,(H2,28,29,32,33). The second kappa shape index (κ2) is 8.74. The normalized spacial score (nSPS) is 21.1. The Bertz CT molecular complexity index is 1290. The molecule has 3 aliphatic heterocycles. The van der Waals surface area contributed by atoms with Crippen LogP contribution in [-0.4, -0.2) is 54.1 Å². The van der Waals surface area contributed by atoms with Crippen molar-refractivity contribution in [2.45, 2.75) is 19.4 Å². The van der Waals surface area contributed by atoms with Crippen LogP contribution in [0.1, 0.15) is 17.7 Å². The minimum Gasteiger partial charge on any atom is -0.379 e. The molecule has 1 saturated heterocycles. The van der Waals surface area contributed by atoms with Crippen LogP contribution in [0.2, 0.25) is 0 Å². The molecule has 3 aromatic rings. The van der Waals surface area contributed by atoms with E-state index < -0.39 is 0 Å². The number of rotatable bonds is 5. The molecular formula is C27H28N4O3. The van der Waals surface area contributed by atoms with Crippen LogP contribution in [0.3, 0.4) is 0 Å². The predicted octanol–water partition coefficient (Wildman–Crippen LogP) is 3.02. The number of imide groups is 1. The van der Waals surface area contributed by atoms with Gasteiger partial charge >= 0.3 is 0 Å². The van der Waals surface area contributed by atoms with Crippen molar-refractivity contribution in [3.05, 3.63) is 71.6 Å². The van der Waals surface area contributed by atoms with Gasteiger partial charge in [-0.1, -0.05) is 36.4 Å². The first-order valence-corrected chi connectivity index (χ1v) is 12.0. The Balaban J connectivity index is 1.44. The van der Waals surface area contributed by atoms with E-state index in [1.165, 1.54) is 0 Å². The van der Waals surface area contributed by atoms with Gasteiger partial charge in [0.05, 0.1) is 18.8 Å². The minimum atomic E-state index is -0.381. The Kier molecular flexibility index (Phi) is 5.43. The van der Waals surface area contributed by atoms with Crippen LogP contribution in [0, 0.1) is 5.92 Å². The SMILES string of the molecule is O=C1NC(=O)C(c2c3n(c4ccccc24)CCC(CN2CCOCC2)C3)=C1Nc1ccccc1. The average Bonchev–Trinajstić information content (AvgIpc) is 3.32. The number of benzene rings is 2. The third kappa shape index (κ3) is 3.71. The molecule has 1 aromatic heterocycles. The maximum Gasteiger partial charge on any atom is 0.275 e. The molecule has 0 spiro atoms. The van der Waals surface area contributed by atoms with Crippen molar-refractivity contribution in [1.82, 2.24) is 14.8 Å². The van der Waals surface area contributed by atoms with Gasteiger partial charge in [0.1, 0.15) is 5.70 Å². The summed E-state index contributed by atoms with van der Waals surface area (Å²) in [5, 5.41) is 6.78. The van der Waals surface area contributed by atoms with E-state index in [0.717, 1.165) is 80.1 Å². The molecule has 4 heterocycles. The molecule has 174 valence electrons. The molecule has 2 amide bonds. The number of carbonyl (C=O) groups is 2. The van der Waals surface area contributed by atoms with E-state index >= 15 is 0 Å². The van der Waals surface area contributed by atoms with Crippen LogP contribution >= 0.6 is 0 Å². The Morgan fingerprint density at radius 3 is 2.53 bits per heavy atom. The fraction of sp³-hybridized carbons (Fsp3) is 0.333. The van der Waals surface area contributed by atoms with Crippen molar-refractivity contribution >= 4 is 34.0 Å². The lowest BCUT2D eigenvalue weighted by Crippen LogP contribution is -2.40. The maximum atomic E-state index is 13.2. The first kappa shape index (κ1) is 21.1. The highest BCUT2D eigenvalue weighted by atomic mass is 16.5. The van der Waals surface area contributed by atoms with Crippen molar-refractivity contribution in [1.29, 1.82) is 0 Å². The predicted molar refractivity (Wildman–Crippen MR) is 131 cm³/mol. The zero-order valence-electron chi connectivity index (χ0n) is 19.0. The van der Waals surface area contributed by atoms with Gasteiger partial charge < -0.3 is 14.6 Å². The monoisotopic (exact) mass is 456 g/mol. The van der Waals surface area contributed by atoms with E-state index in [-0.39, 0.29) is 11.8 Å². The van der Waals surface area contributed by atoms with E-state index in [1.807, 2.05) is 42.5 Å². The molecule has 34 heavy (non-hydrogen) atoms. The first-order chi connectivity index (χ1) is 16.7. The molecular weight excluding hydrogens is 428 g/mol. The van der Waals surface area contributed by atoms with E-state index in [2.05, 4.69) is 32.2 Å². The van der Waals surface area contributed by atoms with Gasteiger partial charge in [-0.05, 0) is 37.0 Å². The molecule has 1 unspecified atom stereocenters. The highest BCUT2D eigenvalue weighted by Crippen LogP contribution is 2.39. The number of carbonyl (C=O) groups excluding carboxylic acids is 2. The number of fused-ring (bicyclic) bond motifs is 3. The fourth-order valence-corrected chi connectivity index (χ4v) is 5.57. The molecule has 6 rings (SSSR count). The fourth-order valence-electron chi connectivity index (χ4n) is 5.57. The van der Waals surface area contributed by atoms with Crippen LogP contribution in [0.25, 0.3) is 16.5 Å². The van der Waals surface area contributed by atoms with Gasteiger partial charge in [0.2, 0.25) is 0 Å². The molecule has 1 fully saturated rings. The molecule has 7 nitrogen and oxygen atoms in total. The molecule has 2 N–H and O–H groups in total. The van der Waals surface area contributed by atoms with Gasteiger partial charge in [0, 0.05) is 54.0 Å². The summed E-state index contributed by atoms with van der Waals surface area (Å²) in [7, 11) is 0. The van der Waals surface area contributed by atoms with Crippen LogP contribution in [-0.2, 0) is 27.3 Å². The van der Waals surface area contributed by atoms with E-state index in [0.29, 0.717) is 17.2 Å². The minimum absolute atomic E-state index is 0.325. The van der Waals surface area contributed by atoms with Crippen molar-refractivity contribution < 1.29 is 14.3 Å². The van der Waals surface area contributed by atoms with Crippen molar-refractivity contribution in [3.8, 4) is 0 Å². The molecule has 1 atom stereocenters. The second-order valence-corrected chi connectivity index (χ2v) is 9.29. The molecule has 2 aromatic carbocycles. The number of nitrogens with one attached hydrogen (secondary N) is 2. The number of hydrogen-bond donors (Lipinski definition) is 2. The first-order valence-electron chi connectivity index (χ1n) is 12.0. The van der Waals surface area contributed by atoms with Gasteiger partial charge in [-0.25, -0.2) is 0 Å². The lowest BCUT2D eigenvalue weighted by molar-refractivity contribution is -0.123. The number of aromatic nitrogens is 1. The van der Waals surface area contributed by atoms with Gasteiger partial charge in [0.25, 0.3) is 11.8 Å². The van der Waals surface area contributed by atoms with Crippen molar-refractivity contribution in [2.75, 3.05) is 38.2 Å². The summed E-state index contributed by atoms with van der Waals surface area (Å²) in [5.41, 5.74) is 4.72. The number of amides is 2. The Morgan fingerprint density at radius 1 is 0.941 bits per heavy atom. The number of ether oxygens (including phenoxy) is 1. The van der Waals surface area contributed by atoms with Crippen molar-refractivity contribution in [2.24, 2.45) is 5.92 Å². The van der Waals surface area contributed by atoms with Crippen LogP contribution < -0.4 is 10.6 Å². The molecule has 3 aliphatic rings. The number of aryl methyl sites for hydroxylation is 1. The van der Waals surface area contributed by atoms with Gasteiger partial charge in [0.15, 0.2) is 0 Å². The second-order valence-electron chi connectivity index (χ2n) is 9.29. The van der Waals surface area contributed by atoms with Gasteiger partial charge in [-0.3, -0.25) is 19.8 Å². The summed E-state index contributed by atoms with van der Waals surface area (Å²) in [6.07, 6.45) is 1.98. The van der Waals surface area contributed by atoms with Crippen molar-refractivity contribution in [3.63, 3.8) is 0 Å². The summed E-state index contributed by atoms with van der Waals surface area (Å²) in [6.45, 7) is 5.47. The summed E-state index contributed by atoms with van der Waals surface area (Å²) in [6, 6.07) is 17.7. The van der Waals surface area contributed by atoms with E-state index in [4.69, 9.17) is 4.74 Å². The van der Waals surface area contributed by atoms with Gasteiger partial charge in [-0.2, -0.15) is 0 Å². The Morgan fingerprint density at radius 2 is 1.71 bits per heavy atom. The highest BCUT2D eigenvalue weighted by molar-refractivity contribution is 6.38. The molecule has 0 saturated carbocycles. The van der Waals surface area contributed by atoms with Crippen LogP contribution in [0.5, 0.6) is 0 Å². The lowest BCUT2D eigenvalue weighted by Gasteiger charge is -2.33. The number of anilines is 1. The molecule has 0 bridgehead atoms. The lowest BCUT2D eigenvalue weighted by atomic mass is 9.90. The smallest absolute Gasteiger partial charge is 0.275 e. The summed E-state index contributed by atoms with van der Waals surface area (Å²) in [5.74, 6) is -0.216. The number of nitrogens with zero attached hydrogens (tertiary/aromatic N) is 2. The largest absolute Gasteiger partial charge is 0.379 e. The summed E-state index contributed by atoms with van der Waals surface area (Å²) < 4.78 is 7.87. The topological polar surface area (TPSA) is 75.6 Å². The molecule has 7 heteroatoms. The molecule has 0 radical (unpaired) electrons. The van der Waals surface area contributed by atoms with Crippen LogP contribution in [0.15, 0.2) is 60.3 Å².